The summed E-state index contributed by atoms with van der Waals surface area (Å²) in [5, 5.41) is 7.71. The number of rotatable bonds is 7. The summed E-state index contributed by atoms with van der Waals surface area (Å²) < 4.78 is 7.12. The molecular weight excluding hydrogens is 238 g/mol. The maximum absolute atomic E-state index is 5.29. The molecule has 0 spiro atoms. The molecule has 2 aromatic rings. The van der Waals surface area contributed by atoms with Crippen molar-refractivity contribution in [2.75, 3.05) is 20.3 Å². The SMILES string of the molecule is COCC(NCCc1cnn(C)c1)c1ccccc1. The number of aryl methyl sites for hydroxylation is 1. The summed E-state index contributed by atoms with van der Waals surface area (Å²) >= 11 is 0. The first-order valence-electron chi connectivity index (χ1n) is 6.54. The zero-order valence-electron chi connectivity index (χ0n) is 11.5. The van der Waals surface area contributed by atoms with Crippen LogP contribution in [0.3, 0.4) is 0 Å². The molecule has 1 aromatic heterocycles. The molecule has 0 amide bonds. The minimum atomic E-state index is 0.239. The molecule has 1 N–H and O–H groups in total. The smallest absolute Gasteiger partial charge is 0.0657 e. The molecule has 0 aliphatic carbocycles. The number of aromatic nitrogens is 2. The predicted octanol–water partition coefficient (Wildman–Crippen LogP) is 1.94. The van der Waals surface area contributed by atoms with Gasteiger partial charge in [-0.15, -0.1) is 0 Å². The average Bonchev–Trinajstić information content (AvgIpc) is 2.84. The third-order valence-electron chi connectivity index (χ3n) is 3.10. The van der Waals surface area contributed by atoms with Crippen LogP contribution in [0.1, 0.15) is 17.2 Å². The van der Waals surface area contributed by atoms with Crippen molar-refractivity contribution in [3.63, 3.8) is 0 Å². The van der Waals surface area contributed by atoms with Crippen LogP contribution in [0.15, 0.2) is 42.7 Å². The van der Waals surface area contributed by atoms with Gasteiger partial charge < -0.3 is 10.1 Å². The Balaban J connectivity index is 1.87. The molecule has 0 radical (unpaired) electrons. The maximum Gasteiger partial charge on any atom is 0.0657 e. The summed E-state index contributed by atoms with van der Waals surface area (Å²) in [5.41, 5.74) is 2.51. The molecule has 0 saturated heterocycles. The molecule has 1 atom stereocenters. The summed E-state index contributed by atoms with van der Waals surface area (Å²) in [6.07, 6.45) is 4.94. The Kier molecular flexibility index (Phi) is 5.12. The number of benzene rings is 1. The van der Waals surface area contributed by atoms with Crippen LogP contribution in [0.25, 0.3) is 0 Å². The van der Waals surface area contributed by atoms with E-state index in [9.17, 15) is 0 Å². The molecule has 0 aliphatic rings. The molecule has 4 nitrogen and oxygen atoms in total. The quantitative estimate of drug-likeness (QED) is 0.826. The van der Waals surface area contributed by atoms with Gasteiger partial charge in [0.25, 0.3) is 0 Å². The van der Waals surface area contributed by atoms with Gasteiger partial charge in [-0.3, -0.25) is 4.68 Å². The minimum Gasteiger partial charge on any atom is -0.383 e. The van der Waals surface area contributed by atoms with Crippen molar-refractivity contribution in [1.29, 1.82) is 0 Å². The highest BCUT2D eigenvalue weighted by Crippen LogP contribution is 2.12. The lowest BCUT2D eigenvalue weighted by atomic mass is 10.1. The zero-order valence-corrected chi connectivity index (χ0v) is 11.5. The van der Waals surface area contributed by atoms with Crippen molar-refractivity contribution in [3.05, 3.63) is 53.9 Å². The first-order valence-corrected chi connectivity index (χ1v) is 6.54. The molecule has 0 fully saturated rings. The molecule has 2 rings (SSSR count). The van der Waals surface area contributed by atoms with Gasteiger partial charge >= 0.3 is 0 Å². The van der Waals surface area contributed by atoms with Gasteiger partial charge in [0.15, 0.2) is 0 Å². The third kappa shape index (κ3) is 4.19. The third-order valence-corrected chi connectivity index (χ3v) is 3.10. The molecule has 0 saturated carbocycles. The lowest BCUT2D eigenvalue weighted by Crippen LogP contribution is -2.27. The summed E-state index contributed by atoms with van der Waals surface area (Å²) in [7, 11) is 3.67. The van der Waals surface area contributed by atoms with Crippen molar-refractivity contribution in [3.8, 4) is 0 Å². The number of ether oxygens (including phenoxy) is 1. The highest BCUT2D eigenvalue weighted by atomic mass is 16.5. The molecule has 1 aromatic carbocycles. The monoisotopic (exact) mass is 259 g/mol. The van der Waals surface area contributed by atoms with Crippen molar-refractivity contribution >= 4 is 0 Å². The Hall–Kier alpha value is -1.65. The fourth-order valence-corrected chi connectivity index (χ4v) is 2.12. The van der Waals surface area contributed by atoms with E-state index in [2.05, 4.69) is 40.9 Å². The van der Waals surface area contributed by atoms with Gasteiger partial charge in [0.05, 0.1) is 18.8 Å². The normalized spacial score (nSPS) is 12.5. The number of nitrogens with one attached hydrogen (secondary N) is 1. The predicted molar refractivity (Wildman–Crippen MR) is 76.0 cm³/mol. The molecule has 1 unspecified atom stereocenters. The van der Waals surface area contributed by atoms with Crippen LogP contribution in [-0.2, 0) is 18.2 Å². The largest absolute Gasteiger partial charge is 0.383 e. The van der Waals surface area contributed by atoms with Crippen LogP contribution in [0.5, 0.6) is 0 Å². The zero-order chi connectivity index (χ0) is 13.5. The molecule has 4 heteroatoms. The first kappa shape index (κ1) is 13.8. The van der Waals surface area contributed by atoms with Gasteiger partial charge in [0.1, 0.15) is 0 Å². The van der Waals surface area contributed by atoms with Crippen molar-refractivity contribution in [1.82, 2.24) is 15.1 Å². The van der Waals surface area contributed by atoms with Crippen LogP contribution in [0.2, 0.25) is 0 Å². The average molecular weight is 259 g/mol. The second kappa shape index (κ2) is 7.07. The Bertz CT molecular complexity index is 481. The maximum atomic E-state index is 5.29. The molecular formula is C15H21N3O. The number of hydrogen-bond donors (Lipinski definition) is 1. The molecule has 19 heavy (non-hydrogen) atoms. The van der Waals surface area contributed by atoms with Gasteiger partial charge in [-0.1, -0.05) is 30.3 Å². The van der Waals surface area contributed by atoms with E-state index >= 15 is 0 Å². The molecule has 102 valence electrons. The summed E-state index contributed by atoms with van der Waals surface area (Å²) in [4.78, 5) is 0. The van der Waals surface area contributed by atoms with Crippen LogP contribution in [-0.4, -0.2) is 30.0 Å². The van der Waals surface area contributed by atoms with Crippen LogP contribution < -0.4 is 5.32 Å². The van der Waals surface area contributed by atoms with Crippen LogP contribution >= 0.6 is 0 Å². The highest BCUT2D eigenvalue weighted by molar-refractivity contribution is 5.19. The summed E-state index contributed by atoms with van der Waals surface area (Å²) in [6.45, 7) is 1.59. The van der Waals surface area contributed by atoms with Crippen molar-refractivity contribution in [2.45, 2.75) is 12.5 Å². The van der Waals surface area contributed by atoms with Gasteiger partial charge in [-0.25, -0.2) is 0 Å². The second-order valence-electron chi connectivity index (χ2n) is 4.64. The van der Waals surface area contributed by atoms with Crippen LogP contribution in [0.4, 0.5) is 0 Å². The Morgan fingerprint density at radius 1 is 1.32 bits per heavy atom. The lowest BCUT2D eigenvalue weighted by Gasteiger charge is -2.18. The highest BCUT2D eigenvalue weighted by Gasteiger charge is 2.09. The Morgan fingerprint density at radius 2 is 2.11 bits per heavy atom. The fraction of sp³-hybridized carbons (Fsp3) is 0.400. The Labute approximate surface area is 114 Å². The van der Waals surface area contributed by atoms with E-state index in [4.69, 9.17) is 4.74 Å². The molecule has 0 bridgehead atoms. The van der Waals surface area contributed by atoms with E-state index in [0.717, 1.165) is 13.0 Å². The molecule has 0 aliphatic heterocycles. The number of hydrogen-bond acceptors (Lipinski definition) is 3. The minimum absolute atomic E-state index is 0.239. The standard InChI is InChI=1S/C15H21N3O/c1-18-11-13(10-17-18)8-9-16-15(12-19-2)14-6-4-3-5-7-14/h3-7,10-11,15-16H,8-9,12H2,1-2H3. The van der Waals surface area contributed by atoms with E-state index in [0.29, 0.717) is 6.61 Å². The fourth-order valence-electron chi connectivity index (χ4n) is 2.12. The second-order valence-corrected chi connectivity index (χ2v) is 4.64. The topological polar surface area (TPSA) is 39.1 Å². The lowest BCUT2D eigenvalue weighted by molar-refractivity contribution is 0.167. The summed E-state index contributed by atoms with van der Waals surface area (Å²) in [6, 6.07) is 10.6. The first-order chi connectivity index (χ1) is 9.29. The van der Waals surface area contributed by atoms with Gasteiger partial charge in [-0.2, -0.15) is 5.10 Å². The van der Waals surface area contributed by atoms with Crippen molar-refractivity contribution in [2.24, 2.45) is 7.05 Å². The van der Waals surface area contributed by atoms with Crippen LogP contribution in [0, 0.1) is 0 Å². The number of nitrogens with zero attached hydrogens (tertiary/aromatic N) is 2. The van der Waals surface area contributed by atoms with E-state index in [1.165, 1.54) is 11.1 Å². The van der Waals surface area contributed by atoms with E-state index in [1.54, 1.807) is 7.11 Å². The van der Waals surface area contributed by atoms with Gasteiger partial charge in [0, 0.05) is 20.4 Å². The Morgan fingerprint density at radius 3 is 2.74 bits per heavy atom. The van der Waals surface area contributed by atoms with E-state index < -0.39 is 0 Å². The van der Waals surface area contributed by atoms with Gasteiger partial charge in [-0.05, 0) is 24.1 Å². The van der Waals surface area contributed by atoms with E-state index in [-0.39, 0.29) is 6.04 Å². The van der Waals surface area contributed by atoms with E-state index in [1.807, 2.05) is 24.0 Å². The molecule has 1 heterocycles. The van der Waals surface area contributed by atoms with Gasteiger partial charge in [0.2, 0.25) is 0 Å². The number of methoxy groups -OCH3 is 1. The summed E-state index contributed by atoms with van der Waals surface area (Å²) in [5.74, 6) is 0. The van der Waals surface area contributed by atoms with Crippen molar-refractivity contribution < 1.29 is 4.74 Å².